The Morgan fingerprint density at radius 1 is 1.50 bits per heavy atom. The second-order valence-electron chi connectivity index (χ2n) is 1.46. The van der Waals surface area contributed by atoms with Gasteiger partial charge in [0.05, 0.1) is 12.1 Å². The van der Waals surface area contributed by atoms with Crippen LogP contribution in [-0.2, 0) is 10.9 Å². The lowest BCUT2D eigenvalue weighted by atomic mass is 10.9. The molecule has 0 saturated heterocycles. The van der Waals surface area contributed by atoms with Gasteiger partial charge in [-0.25, -0.2) is 0 Å². The molecule has 0 rings (SSSR count). The molecule has 0 aliphatic heterocycles. The number of alkyl halides is 1. The van der Waals surface area contributed by atoms with E-state index in [-0.39, 0.29) is 12.4 Å². The van der Waals surface area contributed by atoms with Gasteiger partial charge in [0.15, 0.2) is 0 Å². The topological polar surface area (TPSA) is 0 Å². The first kappa shape index (κ1) is 11.7. The molecule has 0 heterocycles. The van der Waals surface area contributed by atoms with Gasteiger partial charge in [0.2, 0.25) is 0 Å². The highest BCUT2D eigenvalue weighted by molar-refractivity contribution is 7.96. The molecule has 52 valence electrons. The van der Waals surface area contributed by atoms with Gasteiger partial charge in [0, 0.05) is 0 Å². The van der Waals surface area contributed by atoms with Gasteiger partial charge in [-0.05, 0) is 17.8 Å². The third-order valence-corrected chi connectivity index (χ3v) is 3.22. The molecule has 0 aromatic carbocycles. The Bertz CT molecular complexity index is 41.4. The largest absolute Gasteiger partial charge is 1.00 e. The van der Waals surface area contributed by atoms with E-state index in [9.17, 15) is 0 Å². The number of halogens is 2. The van der Waals surface area contributed by atoms with Crippen molar-refractivity contribution in [1.29, 1.82) is 0 Å². The summed E-state index contributed by atoms with van der Waals surface area (Å²) in [6.07, 6.45) is 2.25. The van der Waals surface area contributed by atoms with Crippen molar-refractivity contribution in [3.05, 3.63) is 0 Å². The second-order valence-corrected chi connectivity index (χ2v) is 4.39. The molecule has 0 amide bonds. The standard InChI is InChI=1S/C5H12ClS.ClH/c1-3-7(2)5-4-6;/h3-5H2,1-2H3;1H/q+1;/p-1. The smallest absolute Gasteiger partial charge is 0.121 e. The third kappa shape index (κ3) is 6.93. The molecule has 0 aliphatic rings. The molecule has 1 unspecified atom stereocenters. The van der Waals surface area contributed by atoms with E-state index in [0.717, 1.165) is 5.88 Å². The van der Waals surface area contributed by atoms with Crippen LogP contribution >= 0.6 is 11.6 Å². The monoisotopic (exact) mass is 174 g/mol. The minimum atomic E-state index is 0. The quantitative estimate of drug-likeness (QED) is 0.361. The van der Waals surface area contributed by atoms with Crippen LogP contribution < -0.4 is 12.4 Å². The fourth-order valence-corrected chi connectivity index (χ4v) is 1.62. The molecule has 8 heavy (non-hydrogen) atoms. The molecule has 0 aromatic heterocycles. The van der Waals surface area contributed by atoms with Crippen molar-refractivity contribution in [2.24, 2.45) is 0 Å². The van der Waals surface area contributed by atoms with E-state index >= 15 is 0 Å². The van der Waals surface area contributed by atoms with Crippen molar-refractivity contribution < 1.29 is 12.4 Å². The third-order valence-electron chi connectivity index (χ3n) is 0.918. The number of rotatable bonds is 3. The molecule has 0 N–H and O–H groups in total. The Hall–Kier alpha value is 0.930. The molecule has 0 aliphatic carbocycles. The zero-order valence-electron chi connectivity index (χ0n) is 5.29. The molecule has 0 saturated carbocycles. The van der Waals surface area contributed by atoms with Crippen molar-refractivity contribution in [3.8, 4) is 0 Å². The molecule has 0 radical (unpaired) electrons. The van der Waals surface area contributed by atoms with Gasteiger partial charge in [-0.15, -0.1) is 11.6 Å². The Morgan fingerprint density at radius 2 is 2.00 bits per heavy atom. The maximum atomic E-state index is 5.48. The molecule has 0 spiro atoms. The number of hydrogen-bond donors (Lipinski definition) is 0. The van der Waals surface area contributed by atoms with Crippen LogP contribution in [0.25, 0.3) is 0 Å². The first-order valence-electron chi connectivity index (χ1n) is 2.46. The average Bonchev–Trinajstić information content (AvgIpc) is 1.68. The minimum absolute atomic E-state index is 0. The summed E-state index contributed by atoms with van der Waals surface area (Å²) in [4.78, 5) is 0. The van der Waals surface area contributed by atoms with Crippen LogP contribution in [0.15, 0.2) is 0 Å². The molecule has 0 aromatic rings. The number of hydrogen-bond acceptors (Lipinski definition) is 0. The molecule has 1 atom stereocenters. The van der Waals surface area contributed by atoms with Crippen molar-refractivity contribution in [2.45, 2.75) is 6.92 Å². The molecule has 0 nitrogen and oxygen atoms in total. The Morgan fingerprint density at radius 3 is 2.12 bits per heavy atom. The van der Waals surface area contributed by atoms with Gasteiger partial charge in [-0.3, -0.25) is 0 Å². The average molecular weight is 175 g/mol. The summed E-state index contributed by atoms with van der Waals surface area (Å²) in [5, 5.41) is 0. The minimum Gasteiger partial charge on any atom is -1.00 e. The van der Waals surface area contributed by atoms with Crippen LogP contribution in [0.2, 0.25) is 0 Å². The van der Waals surface area contributed by atoms with E-state index in [1.165, 1.54) is 11.5 Å². The molecule has 3 heteroatoms. The van der Waals surface area contributed by atoms with Gasteiger partial charge in [0.1, 0.15) is 11.5 Å². The predicted octanol–water partition coefficient (Wildman–Crippen LogP) is -1.50. The maximum absolute atomic E-state index is 5.48. The zero-order valence-corrected chi connectivity index (χ0v) is 7.61. The van der Waals surface area contributed by atoms with Gasteiger partial charge in [0.25, 0.3) is 0 Å². The van der Waals surface area contributed by atoms with Crippen LogP contribution in [0.3, 0.4) is 0 Å². The Labute approximate surface area is 65.7 Å². The normalized spacial score (nSPS) is 12.4. The van der Waals surface area contributed by atoms with Crippen molar-refractivity contribution in [3.63, 3.8) is 0 Å². The lowest BCUT2D eigenvalue weighted by Gasteiger charge is -1.92. The van der Waals surface area contributed by atoms with Gasteiger partial charge in [-0.2, -0.15) is 0 Å². The Balaban J connectivity index is 0. The van der Waals surface area contributed by atoms with E-state index in [0.29, 0.717) is 10.9 Å². The summed E-state index contributed by atoms with van der Waals surface area (Å²) in [6.45, 7) is 2.20. The second kappa shape index (κ2) is 7.93. The lowest BCUT2D eigenvalue weighted by molar-refractivity contribution is -0.00000155. The summed E-state index contributed by atoms with van der Waals surface area (Å²) < 4.78 is 0. The SMILES string of the molecule is CC[S+](C)CCCl.[Cl-]. The van der Waals surface area contributed by atoms with Crippen molar-refractivity contribution in [2.75, 3.05) is 23.6 Å². The molecular formula is C5H12Cl2S. The predicted molar refractivity (Wildman–Crippen MR) is 39.4 cm³/mol. The summed E-state index contributed by atoms with van der Waals surface area (Å²) >= 11 is 5.48. The van der Waals surface area contributed by atoms with Crippen molar-refractivity contribution in [1.82, 2.24) is 0 Å². The van der Waals surface area contributed by atoms with E-state index in [4.69, 9.17) is 11.6 Å². The highest BCUT2D eigenvalue weighted by atomic mass is 35.5. The highest BCUT2D eigenvalue weighted by Crippen LogP contribution is 1.90. The molecule has 0 bridgehead atoms. The van der Waals surface area contributed by atoms with E-state index < -0.39 is 0 Å². The fourth-order valence-electron chi connectivity index (χ4n) is 0.276. The zero-order chi connectivity index (χ0) is 5.70. The first-order chi connectivity index (χ1) is 3.31. The van der Waals surface area contributed by atoms with Gasteiger partial charge in [-0.1, -0.05) is 0 Å². The van der Waals surface area contributed by atoms with Gasteiger partial charge >= 0.3 is 0 Å². The summed E-state index contributed by atoms with van der Waals surface area (Å²) in [7, 11) is 0.591. The molecule has 0 fully saturated rings. The van der Waals surface area contributed by atoms with Crippen LogP contribution in [0.4, 0.5) is 0 Å². The van der Waals surface area contributed by atoms with Gasteiger partial charge < -0.3 is 12.4 Å². The summed E-state index contributed by atoms with van der Waals surface area (Å²) in [6, 6.07) is 0. The van der Waals surface area contributed by atoms with Crippen molar-refractivity contribution >= 4 is 22.5 Å². The maximum Gasteiger partial charge on any atom is 0.121 e. The first-order valence-corrected chi connectivity index (χ1v) is 4.97. The highest BCUT2D eigenvalue weighted by Gasteiger charge is 2.02. The van der Waals surface area contributed by atoms with E-state index in [1.807, 2.05) is 0 Å². The summed E-state index contributed by atoms with van der Waals surface area (Å²) in [5.41, 5.74) is 0. The molecular weight excluding hydrogens is 163 g/mol. The van der Waals surface area contributed by atoms with Crippen LogP contribution in [-0.4, -0.2) is 23.6 Å². The lowest BCUT2D eigenvalue weighted by Crippen LogP contribution is -3.00. The van der Waals surface area contributed by atoms with Crippen LogP contribution in [0.1, 0.15) is 6.92 Å². The summed E-state index contributed by atoms with van der Waals surface area (Å²) in [5.74, 6) is 3.30. The van der Waals surface area contributed by atoms with Crippen LogP contribution in [0, 0.1) is 0 Å². The van der Waals surface area contributed by atoms with E-state index in [2.05, 4.69) is 13.2 Å². The Kier molecular flexibility index (Phi) is 11.6. The van der Waals surface area contributed by atoms with Crippen LogP contribution in [0.5, 0.6) is 0 Å². The fraction of sp³-hybridized carbons (Fsp3) is 1.00. The van der Waals surface area contributed by atoms with E-state index in [1.54, 1.807) is 0 Å².